The lowest BCUT2D eigenvalue weighted by molar-refractivity contribution is -0.138. The van der Waals surface area contributed by atoms with E-state index in [2.05, 4.69) is 5.32 Å². The average molecular weight is 280 g/mol. The van der Waals surface area contributed by atoms with Crippen LogP contribution in [-0.4, -0.2) is 34.1 Å². The van der Waals surface area contributed by atoms with Crippen LogP contribution in [0.2, 0.25) is 0 Å². The first-order valence-electron chi connectivity index (χ1n) is 5.98. The Morgan fingerprint density at radius 1 is 1.15 bits per heavy atom. The Morgan fingerprint density at radius 3 is 2.40 bits per heavy atom. The summed E-state index contributed by atoms with van der Waals surface area (Å²) in [6, 6.07) is 5.53. The molecule has 0 saturated heterocycles. The molecule has 1 aromatic rings. The fraction of sp³-hybridized carbons (Fsp3) is 0.308. The molecule has 1 aromatic carbocycles. The van der Waals surface area contributed by atoms with Crippen LogP contribution in [0, 0.1) is 0 Å². The van der Waals surface area contributed by atoms with Gasteiger partial charge in [0.1, 0.15) is 0 Å². The molecule has 1 unspecified atom stereocenters. The summed E-state index contributed by atoms with van der Waals surface area (Å²) in [5.74, 6) is -2.58. The third-order valence-corrected chi connectivity index (χ3v) is 2.62. The van der Waals surface area contributed by atoms with Crippen molar-refractivity contribution in [3.05, 3.63) is 29.8 Å². The number of nitrogens with one attached hydrogen (secondary N) is 1. The Balaban J connectivity index is 2.70. The van der Waals surface area contributed by atoms with Crippen LogP contribution in [-0.2, 0) is 20.8 Å². The molecule has 0 aliphatic rings. The number of benzene rings is 1. The fourth-order valence-electron chi connectivity index (χ4n) is 1.59. The van der Waals surface area contributed by atoms with Crippen molar-refractivity contribution in [3.63, 3.8) is 0 Å². The number of amides is 1. The van der Waals surface area contributed by atoms with Crippen molar-refractivity contribution in [2.24, 2.45) is 5.73 Å². The molecule has 5 N–H and O–H groups in total. The first-order valence-corrected chi connectivity index (χ1v) is 5.98. The number of carbonyl (C=O) groups excluding carboxylic acids is 1. The van der Waals surface area contributed by atoms with E-state index in [4.69, 9.17) is 15.9 Å². The molecular weight excluding hydrogens is 264 g/mol. The number of hydrogen-bond donors (Lipinski definition) is 4. The topological polar surface area (TPSA) is 130 Å². The maximum Gasteiger partial charge on any atom is 0.307 e. The smallest absolute Gasteiger partial charge is 0.307 e. The van der Waals surface area contributed by atoms with E-state index in [0.717, 1.165) is 0 Å². The van der Waals surface area contributed by atoms with Gasteiger partial charge < -0.3 is 21.3 Å². The molecule has 0 saturated carbocycles. The van der Waals surface area contributed by atoms with Crippen LogP contribution >= 0.6 is 0 Å². The molecule has 1 rings (SSSR count). The summed E-state index contributed by atoms with van der Waals surface area (Å²) in [7, 11) is 0. The molecule has 20 heavy (non-hydrogen) atoms. The summed E-state index contributed by atoms with van der Waals surface area (Å²) in [6.45, 7) is 0. The number of carbonyl (C=O) groups is 3. The zero-order valence-corrected chi connectivity index (χ0v) is 10.7. The normalized spacial score (nSPS) is 11.7. The lowest BCUT2D eigenvalue weighted by Gasteiger charge is -2.13. The van der Waals surface area contributed by atoms with Crippen molar-refractivity contribution in [1.29, 1.82) is 0 Å². The van der Waals surface area contributed by atoms with Crippen LogP contribution in [0.1, 0.15) is 18.4 Å². The van der Waals surface area contributed by atoms with E-state index in [-0.39, 0.29) is 19.3 Å². The van der Waals surface area contributed by atoms with Crippen LogP contribution in [0.15, 0.2) is 24.3 Å². The van der Waals surface area contributed by atoms with Gasteiger partial charge in [0.05, 0.1) is 12.5 Å². The number of nitrogens with two attached hydrogens (primary N) is 1. The van der Waals surface area contributed by atoms with Crippen LogP contribution in [0.25, 0.3) is 0 Å². The summed E-state index contributed by atoms with van der Waals surface area (Å²) in [4.78, 5) is 32.9. The number of aliphatic carboxylic acids is 2. The predicted molar refractivity (Wildman–Crippen MR) is 71.3 cm³/mol. The highest BCUT2D eigenvalue weighted by Gasteiger charge is 2.16. The Bertz CT molecular complexity index is 515. The molecular formula is C13H16N2O5. The molecule has 108 valence electrons. The van der Waals surface area contributed by atoms with Crippen molar-refractivity contribution in [2.45, 2.75) is 25.3 Å². The van der Waals surface area contributed by atoms with Crippen molar-refractivity contribution < 1.29 is 24.6 Å². The van der Waals surface area contributed by atoms with Gasteiger partial charge in [-0.25, -0.2) is 0 Å². The summed E-state index contributed by atoms with van der Waals surface area (Å²) >= 11 is 0. The molecule has 0 aliphatic carbocycles. The standard InChI is InChI=1S/C13H16N2O5/c14-9(5-6-11(16)17)13(20)15-10-4-2-1-3-8(10)7-12(18)19/h1-4,9H,5-7,14H2,(H,15,20)(H,16,17)(H,18,19). The van der Waals surface area contributed by atoms with E-state index in [1.807, 2.05) is 0 Å². The molecule has 0 bridgehead atoms. The Kier molecular flexibility index (Phi) is 5.67. The highest BCUT2D eigenvalue weighted by Crippen LogP contribution is 2.16. The van der Waals surface area contributed by atoms with Crippen molar-refractivity contribution in [1.82, 2.24) is 0 Å². The van der Waals surface area contributed by atoms with E-state index in [0.29, 0.717) is 11.3 Å². The SMILES string of the molecule is NC(CCC(=O)O)C(=O)Nc1ccccc1CC(=O)O. The molecule has 0 aromatic heterocycles. The molecule has 1 amide bonds. The van der Waals surface area contributed by atoms with Crippen LogP contribution in [0.3, 0.4) is 0 Å². The molecule has 0 fully saturated rings. The van der Waals surface area contributed by atoms with Gasteiger partial charge in [-0.15, -0.1) is 0 Å². The molecule has 0 radical (unpaired) electrons. The summed E-state index contributed by atoms with van der Waals surface area (Å²) < 4.78 is 0. The van der Waals surface area contributed by atoms with Gasteiger partial charge in [0.15, 0.2) is 0 Å². The zero-order chi connectivity index (χ0) is 15.1. The molecule has 1 atom stereocenters. The Morgan fingerprint density at radius 2 is 1.80 bits per heavy atom. The summed E-state index contributed by atoms with van der Waals surface area (Å²) in [5, 5.41) is 19.8. The minimum atomic E-state index is -1.03. The minimum absolute atomic E-state index is 0.0161. The van der Waals surface area contributed by atoms with Gasteiger partial charge >= 0.3 is 11.9 Å². The van der Waals surface area contributed by atoms with Crippen LogP contribution < -0.4 is 11.1 Å². The van der Waals surface area contributed by atoms with Gasteiger partial charge in [0.2, 0.25) is 5.91 Å². The molecule has 0 heterocycles. The van der Waals surface area contributed by atoms with Crippen molar-refractivity contribution >= 4 is 23.5 Å². The monoisotopic (exact) mass is 280 g/mol. The van der Waals surface area contributed by atoms with Crippen molar-refractivity contribution in [2.75, 3.05) is 5.32 Å². The number of para-hydroxylation sites is 1. The second kappa shape index (κ2) is 7.25. The summed E-state index contributed by atoms with van der Waals surface area (Å²) in [6.07, 6.45) is -0.408. The van der Waals surface area contributed by atoms with E-state index in [9.17, 15) is 14.4 Å². The van der Waals surface area contributed by atoms with Crippen molar-refractivity contribution in [3.8, 4) is 0 Å². The molecule has 0 spiro atoms. The van der Waals surface area contributed by atoms with Gasteiger partial charge in [-0.2, -0.15) is 0 Å². The lowest BCUT2D eigenvalue weighted by atomic mass is 10.1. The number of anilines is 1. The number of carboxylic acids is 2. The third-order valence-electron chi connectivity index (χ3n) is 2.62. The van der Waals surface area contributed by atoms with Crippen LogP contribution in [0.4, 0.5) is 5.69 Å². The average Bonchev–Trinajstić information content (AvgIpc) is 2.37. The lowest BCUT2D eigenvalue weighted by Crippen LogP contribution is -2.36. The maximum atomic E-state index is 11.8. The maximum absolute atomic E-state index is 11.8. The largest absolute Gasteiger partial charge is 0.481 e. The third kappa shape index (κ3) is 5.07. The molecule has 7 nitrogen and oxygen atoms in total. The quantitative estimate of drug-likeness (QED) is 0.573. The Hall–Kier alpha value is -2.41. The van der Waals surface area contributed by atoms with E-state index >= 15 is 0 Å². The highest BCUT2D eigenvalue weighted by atomic mass is 16.4. The molecule has 7 heteroatoms. The van der Waals surface area contributed by atoms with E-state index in [1.165, 1.54) is 0 Å². The van der Waals surface area contributed by atoms with Gasteiger partial charge in [-0.1, -0.05) is 18.2 Å². The second-order valence-electron chi connectivity index (χ2n) is 4.26. The van der Waals surface area contributed by atoms with Crippen LogP contribution in [0.5, 0.6) is 0 Å². The zero-order valence-electron chi connectivity index (χ0n) is 10.7. The number of carboxylic acid groups (broad SMARTS) is 2. The highest BCUT2D eigenvalue weighted by molar-refractivity contribution is 5.96. The fourth-order valence-corrected chi connectivity index (χ4v) is 1.59. The number of rotatable bonds is 7. The first-order chi connectivity index (χ1) is 9.40. The number of hydrogen-bond acceptors (Lipinski definition) is 4. The second-order valence-corrected chi connectivity index (χ2v) is 4.26. The van der Waals surface area contributed by atoms with E-state index < -0.39 is 23.9 Å². The molecule has 0 aliphatic heterocycles. The van der Waals surface area contributed by atoms with Gasteiger partial charge in [-0.05, 0) is 18.1 Å². The van der Waals surface area contributed by atoms with E-state index in [1.54, 1.807) is 24.3 Å². The van der Waals surface area contributed by atoms with Gasteiger partial charge in [-0.3, -0.25) is 14.4 Å². The summed E-state index contributed by atoms with van der Waals surface area (Å²) in [5.41, 5.74) is 6.40. The van der Waals surface area contributed by atoms with Gasteiger partial charge in [0.25, 0.3) is 0 Å². The Labute approximate surface area is 115 Å². The predicted octanol–water partition coefficient (Wildman–Crippen LogP) is 0.444. The first kappa shape index (κ1) is 15.6. The van der Waals surface area contributed by atoms with Gasteiger partial charge in [0, 0.05) is 12.1 Å². The minimum Gasteiger partial charge on any atom is -0.481 e.